The van der Waals surface area contributed by atoms with Crippen LogP contribution < -0.4 is 5.69 Å². The molecule has 162 valence electrons. The minimum absolute atomic E-state index is 0.0969. The van der Waals surface area contributed by atoms with Crippen molar-refractivity contribution in [2.45, 2.75) is 44.1 Å². The largest absolute Gasteiger partial charge is 0.353 e. The number of nitrogens with one attached hydrogen (secondary N) is 1. The van der Waals surface area contributed by atoms with Gasteiger partial charge in [-0.2, -0.15) is 9.61 Å². The van der Waals surface area contributed by atoms with E-state index in [1.54, 1.807) is 19.1 Å². The van der Waals surface area contributed by atoms with Crippen LogP contribution in [-0.4, -0.2) is 44.8 Å². The molecule has 0 saturated carbocycles. The SMILES string of the molecule is Cc1nn2c(=O)[nH]c(SCC#CCCOC3CCCCO3)nc2c1-c1ccc(F)cc1. The summed E-state index contributed by atoms with van der Waals surface area (Å²) in [5.74, 6) is 6.29. The Balaban J connectivity index is 1.40. The standard InChI is InChI=1S/C22H23FN4O3S/c1-15-19(16-8-10-17(23)11-9-16)20-24-21(25-22(28)27(20)26-15)31-14-6-2-4-12-29-18-7-3-5-13-30-18/h8-11,18H,3-5,7,12-14H2,1H3,(H,24,25,28). The first-order valence-corrected chi connectivity index (χ1v) is 11.2. The molecule has 9 heteroatoms. The van der Waals surface area contributed by atoms with Crippen LogP contribution in [0.4, 0.5) is 4.39 Å². The number of thioether (sulfide) groups is 1. The summed E-state index contributed by atoms with van der Waals surface area (Å²) in [6.45, 7) is 3.10. The third kappa shape index (κ3) is 5.34. The molecular weight excluding hydrogens is 419 g/mol. The van der Waals surface area contributed by atoms with Gasteiger partial charge in [0.25, 0.3) is 0 Å². The Hall–Kier alpha value is -2.67. The van der Waals surface area contributed by atoms with Gasteiger partial charge in [0.05, 0.1) is 18.1 Å². The lowest BCUT2D eigenvalue weighted by molar-refractivity contribution is -0.161. The molecule has 4 rings (SSSR count). The summed E-state index contributed by atoms with van der Waals surface area (Å²) in [4.78, 5) is 19.7. The lowest BCUT2D eigenvalue weighted by atomic mass is 10.1. The molecule has 31 heavy (non-hydrogen) atoms. The molecule has 0 amide bonds. The number of aromatic nitrogens is 4. The van der Waals surface area contributed by atoms with Gasteiger partial charge in [0, 0.05) is 18.6 Å². The molecule has 3 aromatic rings. The van der Waals surface area contributed by atoms with Gasteiger partial charge < -0.3 is 9.47 Å². The van der Waals surface area contributed by atoms with E-state index in [0.717, 1.165) is 31.4 Å². The van der Waals surface area contributed by atoms with E-state index in [9.17, 15) is 9.18 Å². The first-order valence-electron chi connectivity index (χ1n) is 10.2. The van der Waals surface area contributed by atoms with Crippen molar-refractivity contribution >= 4 is 17.4 Å². The average molecular weight is 443 g/mol. The summed E-state index contributed by atoms with van der Waals surface area (Å²) >= 11 is 1.34. The topological polar surface area (TPSA) is 81.5 Å². The van der Waals surface area contributed by atoms with Crippen LogP contribution in [0.3, 0.4) is 0 Å². The lowest BCUT2D eigenvalue weighted by Gasteiger charge is -2.22. The van der Waals surface area contributed by atoms with Crippen LogP contribution in [-0.2, 0) is 9.47 Å². The predicted molar refractivity (Wildman–Crippen MR) is 116 cm³/mol. The van der Waals surface area contributed by atoms with Crippen molar-refractivity contribution in [2.24, 2.45) is 0 Å². The highest BCUT2D eigenvalue weighted by molar-refractivity contribution is 7.99. The minimum atomic E-state index is -0.377. The number of halogens is 1. The van der Waals surface area contributed by atoms with E-state index in [2.05, 4.69) is 26.9 Å². The molecule has 0 aliphatic carbocycles. The summed E-state index contributed by atoms with van der Waals surface area (Å²) in [6.07, 6.45) is 3.71. The molecule has 0 bridgehead atoms. The number of nitrogens with zero attached hydrogens (tertiary/aromatic N) is 3. The molecule has 0 radical (unpaired) electrons. The first kappa shape index (κ1) is 21.6. The van der Waals surface area contributed by atoms with Gasteiger partial charge in [0.2, 0.25) is 0 Å². The Morgan fingerprint density at radius 2 is 2.16 bits per heavy atom. The van der Waals surface area contributed by atoms with E-state index in [4.69, 9.17) is 9.47 Å². The molecule has 1 aliphatic heterocycles. The Morgan fingerprint density at radius 3 is 2.94 bits per heavy atom. The Morgan fingerprint density at radius 1 is 1.32 bits per heavy atom. The fourth-order valence-corrected chi connectivity index (χ4v) is 4.00. The van der Waals surface area contributed by atoms with Crippen LogP contribution in [0.25, 0.3) is 16.8 Å². The predicted octanol–water partition coefficient (Wildman–Crippen LogP) is 3.56. The molecule has 1 fully saturated rings. The molecule has 1 N–H and O–H groups in total. The van der Waals surface area contributed by atoms with Gasteiger partial charge in [-0.3, -0.25) is 4.98 Å². The second kappa shape index (κ2) is 10.1. The van der Waals surface area contributed by atoms with Crippen LogP contribution >= 0.6 is 11.8 Å². The number of ether oxygens (including phenoxy) is 2. The first-order chi connectivity index (χ1) is 15.1. The van der Waals surface area contributed by atoms with E-state index >= 15 is 0 Å². The van der Waals surface area contributed by atoms with Gasteiger partial charge in [-0.1, -0.05) is 29.8 Å². The second-order valence-corrected chi connectivity index (χ2v) is 8.07. The van der Waals surface area contributed by atoms with Crippen molar-refractivity contribution in [1.29, 1.82) is 0 Å². The third-order valence-corrected chi connectivity index (χ3v) is 5.61. The normalized spacial score (nSPS) is 16.3. The van der Waals surface area contributed by atoms with Gasteiger partial charge in [0.15, 0.2) is 17.1 Å². The quantitative estimate of drug-likeness (QED) is 0.357. The van der Waals surface area contributed by atoms with Crippen LogP contribution in [0.15, 0.2) is 34.2 Å². The van der Waals surface area contributed by atoms with Crippen LogP contribution in [0.5, 0.6) is 0 Å². The van der Waals surface area contributed by atoms with E-state index in [1.165, 1.54) is 28.4 Å². The monoisotopic (exact) mass is 442 g/mol. The van der Waals surface area contributed by atoms with Crippen molar-refractivity contribution in [3.05, 3.63) is 46.3 Å². The Kier molecular flexibility index (Phi) is 7.02. The third-order valence-electron chi connectivity index (χ3n) is 4.86. The lowest BCUT2D eigenvalue weighted by Crippen LogP contribution is -2.22. The zero-order valence-corrected chi connectivity index (χ0v) is 18.0. The molecule has 1 saturated heterocycles. The number of benzene rings is 1. The summed E-state index contributed by atoms with van der Waals surface area (Å²) in [6, 6.07) is 6.06. The van der Waals surface area contributed by atoms with Crippen molar-refractivity contribution in [2.75, 3.05) is 19.0 Å². The van der Waals surface area contributed by atoms with Crippen molar-refractivity contribution < 1.29 is 13.9 Å². The van der Waals surface area contributed by atoms with Gasteiger partial charge in [-0.25, -0.2) is 14.2 Å². The minimum Gasteiger partial charge on any atom is -0.353 e. The van der Waals surface area contributed by atoms with E-state index in [-0.39, 0.29) is 17.8 Å². The molecule has 3 heterocycles. The maximum atomic E-state index is 13.3. The number of fused-ring (bicyclic) bond motifs is 1. The molecule has 7 nitrogen and oxygen atoms in total. The highest BCUT2D eigenvalue weighted by Gasteiger charge is 2.16. The summed E-state index contributed by atoms with van der Waals surface area (Å²) < 4.78 is 25.7. The molecule has 2 aromatic heterocycles. The number of aryl methyl sites for hydroxylation is 1. The summed E-state index contributed by atoms with van der Waals surface area (Å²) in [5, 5.41) is 4.74. The molecule has 1 atom stereocenters. The van der Waals surface area contributed by atoms with Gasteiger partial charge >= 0.3 is 5.69 Å². The Bertz CT molecular complexity index is 1160. The second-order valence-electron chi connectivity index (χ2n) is 7.11. The molecule has 1 unspecified atom stereocenters. The maximum absolute atomic E-state index is 13.3. The fraction of sp³-hybridized carbons (Fsp3) is 0.409. The summed E-state index contributed by atoms with van der Waals surface area (Å²) in [7, 11) is 0. The number of hydrogen-bond donors (Lipinski definition) is 1. The van der Waals surface area contributed by atoms with Crippen molar-refractivity contribution in [3.8, 4) is 23.0 Å². The Labute approximate surface area is 183 Å². The molecule has 1 aliphatic rings. The van der Waals surface area contributed by atoms with E-state index in [1.807, 2.05) is 0 Å². The van der Waals surface area contributed by atoms with Crippen LogP contribution in [0.2, 0.25) is 0 Å². The number of aromatic amines is 1. The fourth-order valence-electron chi connectivity index (χ4n) is 3.38. The highest BCUT2D eigenvalue weighted by Crippen LogP contribution is 2.27. The number of H-pyrrole nitrogens is 1. The van der Waals surface area contributed by atoms with Crippen molar-refractivity contribution in [3.63, 3.8) is 0 Å². The molecular formula is C22H23FN4O3S. The highest BCUT2D eigenvalue weighted by atomic mass is 32.2. The summed E-state index contributed by atoms with van der Waals surface area (Å²) in [5.41, 5.74) is 2.17. The van der Waals surface area contributed by atoms with E-state index in [0.29, 0.717) is 40.8 Å². The zero-order chi connectivity index (χ0) is 21.6. The zero-order valence-electron chi connectivity index (χ0n) is 17.2. The van der Waals surface area contributed by atoms with Gasteiger partial charge in [-0.05, 0) is 43.9 Å². The molecule has 0 spiro atoms. The smallest absolute Gasteiger partial charge is 0.350 e. The molecule has 1 aromatic carbocycles. The number of rotatable bonds is 6. The van der Waals surface area contributed by atoms with Crippen LogP contribution in [0, 0.1) is 24.6 Å². The van der Waals surface area contributed by atoms with Gasteiger partial charge in [-0.15, -0.1) is 5.92 Å². The van der Waals surface area contributed by atoms with Crippen LogP contribution in [0.1, 0.15) is 31.4 Å². The van der Waals surface area contributed by atoms with Crippen molar-refractivity contribution in [1.82, 2.24) is 19.6 Å². The maximum Gasteiger partial charge on any atom is 0.350 e. The van der Waals surface area contributed by atoms with Gasteiger partial charge in [0.1, 0.15) is 5.82 Å². The average Bonchev–Trinajstić information content (AvgIpc) is 3.11. The van der Waals surface area contributed by atoms with E-state index < -0.39 is 0 Å². The number of hydrogen-bond acceptors (Lipinski definition) is 6.